The van der Waals surface area contributed by atoms with Gasteiger partial charge >= 0.3 is 0 Å². The first kappa shape index (κ1) is 18.6. The average molecular weight is 384 g/mol. The highest BCUT2D eigenvalue weighted by Gasteiger charge is 2.33. The van der Waals surface area contributed by atoms with Crippen molar-refractivity contribution in [2.45, 2.75) is 16.7 Å². The third-order valence-electron chi connectivity index (χ3n) is 3.00. The molecule has 128 valence electrons. The molecule has 0 saturated carbocycles. The number of nitrogens with zero attached hydrogens (tertiary/aromatic N) is 1. The van der Waals surface area contributed by atoms with E-state index in [1.807, 2.05) is 6.92 Å². The van der Waals surface area contributed by atoms with Crippen molar-refractivity contribution in [2.24, 2.45) is 0 Å². The molecule has 0 saturated heterocycles. The van der Waals surface area contributed by atoms with Crippen molar-refractivity contribution >= 4 is 31.8 Å². The molecular weight excluding hydrogens is 366 g/mol. The molecular formula is C16H17NO4S3. The first-order valence-electron chi connectivity index (χ1n) is 7.08. The largest absolute Gasteiger partial charge is 0.277 e. The SMILES string of the molecule is CCS/C=C\N(S(=O)(=O)c1ccccc1)S(=O)(=O)c1ccccc1. The van der Waals surface area contributed by atoms with Crippen LogP contribution in [0.5, 0.6) is 0 Å². The summed E-state index contributed by atoms with van der Waals surface area (Å²) in [6, 6.07) is 15.0. The van der Waals surface area contributed by atoms with Crippen LogP contribution in [0.1, 0.15) is 6.92 Å². The van der Waals surface area contributed by atoms with E-state index in [2.05, 4.69) is 0 Å². The molecule has 2 rings (SSSR count). The Balaban J connectivity index is 2.58. The highest BCUT2D eigenvalue weighted by atomic mass is 32.3. The Hall–Kier alpha value is -1.77. The molecule has 0 bridgehead atoms. The zero-order chi connectivity index (χ0) is 17.6. The van der Waals surface area contributed by atoms with E-state index in [0.29, 0.717) is 9.46 Å². The van der Waals surface area contributed by atoms with Gasteiger partial charge in [-0.1, -0.05) is 43.3 Å². The van der Waals surface area contributed by atoms with Crippen LogP contribution in [0.4, 0.5) is 0 Å². The normalized spacial score (nSPS) is 12.4. The second kappa shape index (κ2) is 7.87. The molecule has 0 fully saturated rings. The minimum Gasteiger partial charge on any atom is -0.200 e. The number of rotatable bonds is 7. The first-order valence-corrected chi connectivity index (χ1v) is 11.0. The van der Waals surface area contributed by atoms with Crippen LogP contribution in [-0.2, 0) is 20.0 Å². The number of thioether (sulfide) groups is 1. The van der Waals surface area contributed by atoms with Crippen LogP contribution in [-0.4, -0.2) is 26.3 Å². The van der Waals surface area contributed by atoms with Gasteiger partial charge in [0.2, 0.25) is 0 Å². The molecule has 0 heterocycles. The van der Waals surface area contributed by atoms with E-state index < -0.39 is 20.0 Å². The second-order valence-corrected chi connectivity index (χ2v) is 9.65. The topological polar surface area (TPSA) is 71.5 Å². The summed E-state index contributed by atoms with van der Waals surface area (Å²) in [6.45, 7) is 1.89. The van der Waals surface area contributed by atoms with E-state index in [9.17, 15) is 16.8 Å². The lowest BCUT2D eigenvalue weighted by molar-refractivity contribution is 0.537. The van der Waals surface area contributed by atoms with Crippen molar-refractivity contribution in [3.05, 3.63) is 72.3 Å². The van der Waals surface area contributed by atoms with Crippen LogP contribution in [0.3, 0.4) is 0 Å². The predicted octanol–water partition coefficient (Wildman–Crippen LogP) is 3.29. The van der Waals surface area contributed by atoms with Crippen molar-refractivity contribution in [3.63, 3.8) is 0 Å². The Bertz CT molecular complexity index is 823. The van der Waals surface area contributed by atoms with Gasteiger partial charge in [0, 0.05) is 6.20 Å². The summed E-state index contributed by atoms with van der Waals surface area (Å²) in [5.41, 5.74) is 0. The lowest BCUT2D eigenvalue weighted by Gasteiger charge is -2.20. The molecule has 0 unspecified atom stereocenters. The summed E-state index contributed by atoms with van der Waals surface area (Å²) >= 11 is 1.31. The maximum Gasteiger partial charge on any atom is 0.277 e. The van der Waals surface area contributed by atoms with Crippen LogP contribution in [0.2, 0.25) is 0 Å². The molecule has 5 nitrogen and oxygen atoms in total. The second-order valence-electron chi connectivity index (χ2n) is 4.60. The standard InChI is InChI=1S/C16H17NO4S3/c1-2-22-14-13-17(23(18,19)15-9-5-3-6-10-15)24(20,21)16-11-7-4-8-12-16/h3-14H,2H2,1H3/b14-13-. The van der Waals surface area contributed by atoms with Crippen LogP contribution < -0.4 is 0 Å². The fourth-order valence-electron chi connectivity index (χ4n) is 1.87. The molecule has 0 aromatic heterocycles. The van der Waals surface area contributed by atoms with Crippen molar-refractivity contribution in [1.82, 2.24) is 3.71 Å². The van der Waals surface area contributed by atoms with Crippen molar-refractivity contribution < 1.29 is 16.8 Å². The summed E-state index contributed by atoms with van der Waals surface area (Å²) in [7, 11) is -8.48. The average Bonchev–Trinajstić information content (AvgIpc) is 2.60. The fourth-order valence-corrected chi connectivity index (χ4v) is 5.84. The fraction of sp³-hybridized carbons (Fsp3) is 0.125. The summed E-state index contributed by atoms with van der Waals surface area (Å²) < 4.78 is 51.8. The smallest absolute Gasteiger partial charge is 0.200 e. The zero-order valence-corrected chi connectivity index (χ0v) is 15.4. The van der Waals surface area contributed by atoms with Gasteiger partial charge in [-0.3, -0.25) is 0 Å². The first-order chi connectivity index (χ1) is 11.4. The van der Waals surface area contributed by atoms with Gasteiger partial charge in [-0.15, -0.1) is 11.8 Å². The Morgan fingerprint density at radius 1 is 0.833 bits per heavy atom. The van der Waals surface area contributed by atoms with Crippen molar-refractivity contribution in [2.75, 3.05) is 5.75 Å². The van der Waals surface area contributed by atoms with Crippen LogP contribution in [0.15, 0.2) is 82.1 Å². The van der Waals surface area contributed by atoms with E-state index in [1.165, 1.54) is 41.4 Å². The van der Waals surface area contributed by atoms with Gasteiger partial charge in [0.25, 0.3) is 20.0 Å². The van der Waals surface area contributed by atoms with Gasteiger partial charge in [0.05, 0.1) is 9.79 Å². The van der Waals surface area contributed by atoms with Gasteiger partial charge in [-0.25, -0.2) is 16.8 Å². The van der Waals surface area contributed by atoms with Gasteiger partial charge in [-0.2, -0.15) is 3.71 Å². The number of sulfonamides is 2. The Labute approximate surface area is 147 Å². The Morgan fingerprint density at radius 2 is 1.25 bits per heavy atom. The maximum absolute atomic E-state index is 12.8. The highest BCUT2D eigenvalue weighted by molar-refractivity contribution is 8.04. The van der Waals surface area contributed by atoms with Crippen LogP contribution in [0, 0.1) is 0 Å². The minimum absolute atomic E-state index is 0.0874. The number of benzene rings is 2. The highest BCUT2D eigenvalue weighted by Crippen LogP contribution is 2.25. The van der Waals surface area contributed by atoms with Crippen LogP contribution >= 0.6 is 11.8 Å². The van der Waals surface area contributed by atoms with Crippen molar-refractivity contribution in [1.29, 1.82) is 0 Å². The van der Waals surface area contributed by atoms with Gasteiger partial charge in [0.1, 0.15) is 0 Å². The lowest BCUT2D eigenvalue weighted by Crippen LogP contribution is -2.32. The molecule has 2 aromatic carbocycles. The third-order valence-corrected chi connectivity index (χ3v) is 7.75. The Kier molecular flexibility index (Phi) is 6.09. The predicted molar refractivity (Wildman–Crippen MR) is 96.4 cm³/mol. The molecule has 0 aliphatic rings. The number of hydrogen-bond acceptors (Lipinski definition) is 5. The molecule has 0 atom stereocenters. The van der Waals surface area contributed by atoms with Gasteiger partial charge in [0.15, 0.2) is 0 Å². The monoisotopic (exact) mass is 383 g/mol. The molecule has 0 spiro atoms. The molecule has 0 aliphatic heterocycles. The molecule has 0 radical (unpaired) electrons. The van der Waals surface area contributed by atoms with Crippen LogP contribution in [0.25, 0.3) is 0 Å². The Morgan fingerprint density at radius 3 is 1.62 bits per heavy atom. The van der Waals surface area contributed by atoms with E-state index >= 15 is 0 Å². The van der Waals surface area contributed by atoms with Gasteiger partial charge < -0.3 is 0 Å². The molecule has 24 heavy (non-hydrogen) atoms. The van der Waals surface area contributed by atoms with Gasteiger partial charge in [-0.05, 0) is 35.4 Å². The van der Waals surface area contributed by atoms with E-state index in [0.717, 1.165) is 6.20 Å². The third kappa shape index (κ3) is 4.00. The van der Waals surface area contributed by atoms with Crippen molar-refractivity contribution in [3.8, 4) is 0 Å². The molecule has 0 amide bonds. The van der Waals surface area contributed by atoms with E-state index in [-0.39, 0.29) is 9.79 Å². The quantitative estimate of drug-likeness (QED) is 0.734. The molecule has 2 aromatic rings. The van der Waals surface area contributed by atoms with E-state index in [1.54, 1.807) is 36.4 Å². The zero-order valence-electron chi connectivity index (χ0n) is 12.9. The molecule has 8 heteroatoms. The minimum atomic E-state index is -4.24. The lowest BCUT2D eigenvalue weighted by atomic mass is 10.4. The number of hydrogen-bond donors (Lipinski definition) is 0. The molecule has 0 N–H and O–H groups in total. The van der Waals surface area contributed by atoms with E-state index in [4.69, 9.17) is 0 Å². The molecule has 0 aliphatic carbocycles. The maximum atomic E-state index is 12.8. The summed E-state index contributed by atoms with van der Waals surface area (Å²) in [4.78, 5) is -0.175. The summed E-state index contributed by atoms with van der Waals surface area (Å²) in [5.74, 6) is 0.696. The summed E-state index contributed by atoms with van der Waals surface area (Å²) in [5, 5.41) is 1.46. The summed E-state index contributed by atoms with van der Waals surface area (Å²) in [6.07, 6.45) is 1.08.